The third-order valence-corrected chi connectivity index (χ3v) is 4.88. The number of nitrogens with zero attached hydrogens (tertiary/aromatic N) is 2. The number of aryl methyl sites for hydroxylation is 2. The van der Waals surface area contributed by atoms with Crippen LogP contribution in [0.15, 0.2) is 36.4 Å². The minimum atomic E-state index is -0.391. The summed E-state index contributed by atoms with van der Waals surface area (Å²) in [6, 6.07) is 10.5. The number of likely N-dealkylation sites (tertiary alicyclic amines) is 1. The molecule has 4 nitrogen and oxygen atoms in total. The molecule has 4 heteroatoms. The Hall–Kier alpha value is -2.33. The van der Waals surface area contributed by atoms with Gasteiger partial charge in [-0.3, -0.25) is 4.79 Å². The number of benzene rings is 1. The molecule has 1 aromatic carbocycles. The second-order valence-electron chi connectivity index (χ2n) is 6.91. The highest BCUT2D eigenvalue weighted by molar-refractivity contribution is 5.92. The number of aromatic nitrogens is 1. The molecule has 25 heavy (non-hydrogen) atoms. The van der Waals surface area contributed by atoms with Crippen LogP contribution in [0.1, 0.15) is 35.4 Å². The molecule has 1 amide bonds. The van der Waals surface area contributed by atoms with Gasteiger partial charge in [0, 0.05) is 36.2 Å². The quantitative estimate of drug-likeness (QED) is 0.872. The molecule has 0 saturated carbocycles. The number of carbonyl (C=O) groups excluding carboxylic acids is 1. The van der Waals surface area contributed by atoms with Crippen molar-refractivity contribution in [1.29, 1.82) is 0 Å². The topological polar surface area (TPSA) is 45.5 Å². The number of aliphatic hydroxyl groups excluding tert-OH is 1. The lowest BCUT2D eigenvalue weighted by molar-refractivity contribution is -0.128. The van der Waals surface area contributed by atoms with Crippen molar-refractivity contribution in [1.82, 2.24) is 9.47 Å². The number of hydrogen-bond acceptors (Lipinski definition) is 2. The van der Waals surface area contributed by atoms with Crippen molar-refractivity contribution in [3.05, 3.63) is 58.9 Å². The zero-order valence-electron chi connectivity index (χ0n) is 15.2. The third kappa shape index (κ3) is 3.85. The van der Waals surface area contributed by atoms with Crippen LogP contribution in [0.5, 0.6) is 0 Å². The number of hydrogen-bond donors (Lipinski definition) is 1. The summed E-state index contributed by atoms with van der Waals surface area (Å²) in [4.78, 5) is 14.1. The van der Waals surface area contributed by atoms with E-state index < -0.39 is 6.10 Å². The Balaban J connectivity index is 1.80. The number of rotatable bonds is 3. The second-order valence-corrected chi connectivity index (χ2v) is 6.91. The van der Waals surface area contributed by atoms with Crippen molar-refractivity contribution < 1.29 is 9.90 Å². The van der Waals surface area contributed by atoms with Gasteiger partial charge in [0.15, 0.2) is 0 Å². The van der Waals surface area contributed by atoms with Crippen molar-refractivity contribution in [2.45, 2.75) is 39.7 Å². The molecule has 1 atom stereocenters. The largest absolute Gasteiger partial charge is 0.391 e. The average Bonchev–Trinajstić information content (AvgIpc) is 2.87. The minimum absolute atomic E-state index is 0.0288. The summed E-state index contributed by atoms with van der Waals surface area (Å²) in [5.41, 5.74) is 5.67. The van der Waals surface area contributed by atoms with Crippen molar-refractivity contribution in [2.75, 3.05) is 13.1 Å². The standard InChI is InChI=1S/C21H26N2O2/c1-15-6-9-19(10-7-15)23-16(2)13-18(17(23)3)8-11-21(25)22-12-4-5-20(24)14-22/h6-11,13,20,24H,4-5,12,14H2,1-3H3. The number of aliphatic hydroxyl groups is 1. The third-order valence-electron chi connectivity index (χ3n) is 4.88. The number of β-amino-alcohol motifs (C(OH)–C–C–N with tert-alkyl or cyclic N) is 1. The van der Waals surface area contributed by atoms with E-state index in [1.807, 2.05) is 6.08 Å². The molecule has 2 heterocycles. The predicted octanol–water partition coefficient (Wildman–Crippen LogP) is 3.40. The molecule has 0 bridgehead atoms. The minimum Gasteiger partial charge on any atom is -0.391 e. The predicted molar refractivity (Wildman–Crippen MR) is 101 cm³/mol. The van der Waals surface area contributed by atoms with Crippen LogP contribution < -0.4 is 0 Å². The van der Waals surface area contributed by atoms with Crippen molar-refractivity contribution in [3.63, 3.8) is 0 Å². The molecule has 1 saturated heterocycles. The summed E-state index contributed by atoms with van der Waals surface area (Å²) in [6.07, 6.45) is 4.77. The van der Waals surface area contributed by atoms with E-state index in [1.165, 1.54) is 5.56 Å². The maximum Gasteiger partial charge on any atom is 0.246 e. The Labute approximate surface area is 149 Å². The van der Waals surface area contributed by atoms with E-state index in [4.69, 9.17) is 0 Å². The van der Waals surface area contributed by atoms with Gasteiger partial charge in [0.25, 0.3) is 0 Å². The van der Waals surface area contributed by atoms with Gasteiger partial charge in [0.1, 0.15) is 0 Å². The van der Waals surface area contributed by atoms with Crippen molar-refractivity contribution in [2.24, 2.45) is 0 Å². The van der Waals surface area contributed by atoms with Gasteiger partial charge < -0.3 is 14.6 Å². The smallest absolute Gasteiger partial charge is 0.246 e. The molecule has 1 N–H and O–H groups in total. The van der Waals surface area contributed by atoms with Gasteiger partial charge in [0.2, 0.25) is 5.91 Å². The van der Waals surface area contributed by atoms with Crippen LogP contribution in [-0.4, -0.2) is 39.7 Å². The fraction of sp³-hybridized carbons (Fsp3) is 0.381. The molecule has 0 radical (unpaired) electrons. The Bertz CT molecular complexity index is 787. The van der Waals surface area contributed by atoms with Gasteiger partial charge in [-0.1, -0.05) is 17.7 Å². The lowest BCUT2D eigenvalue weighted by Gasteiger charge is -2.29. The summed E-state index contributed by atoms with van der Waals surface area (Å²) >= 11 is 0. The van der Waals surface area contributed by atoms with Crippen LogP contribution in [0, 0.1) is 20.8 Å². The molecule has 1 aliphatic rings. The van der Waals surface area contributed by atoms with Crippen LogP contribution in [0.2, 0.25) is 0 Å². The molecule has 0 spiro atoms. The molecular weight excluding hydrogens is 312 g/mol. The molecule has 1 unspecified atom stereocenters. The van der Waals surface area contributed by atoms with Crippen LogP contribution in [0.25, 0.3) is 11.8 Å². The van der Waals surface area contributed by atoms with Gasteiger partial charge in [0.05, 0.1) is 6.10 Å². The van der Waals surface area contributed by atoms with Gasteiger partial charge >= 0.3 is 0 Å². The maximum absolute atomic E-state index is 12.3. The molecule has 0 aliphatic carbocycles. The normalized spacial score (nSPS) is 18.1. The first-order valence-electron chi connectivity index (χ1n) is 8.87. The Morgan fingerprint density at radius 3 is 2.60 bits per heavy atom. The molecule has 1 aromatic heterocycles. The van der Waals surface area contributed by atoms with E-state index in [1.54, 1.807) is 11.0 Å². The summed E-state index contributed by atoms with van der Waals surface area (Å²) in [7, 11) is 0. The van der Waals surface area contributed by atoms with E-state index in [0.717, 1.165) is 42.0 Å². The highest BCUT2D eigenvalue weighted by Crippen LogP contribution is 2.22. The van der Waals surface area contributed by atoms with Gasteiger partial charge in [-0.05, 0) is 63.5 Å². The van der Waals surface area contributed by atoms with Crippen LogP contribution >= 0.6 is 0 Å². The maximum atomic E-state index is 12.3. The van der Waals surface area contributed by atoms with Crippen molar-refractivity contribution >= 4 is 12.0 Å². The lowest BCUT2D eigenvalue weighted by Crippen LogP contribution is -2.41. The summed E-state index contributed by atoms with van der Waals surface area (Å²) in [5, 5.41) is 9.72. The zero-order valence-corrected chi connectivity index (χ0v) is 15.2. The van der Waals surface area contributed by atoms with Crippen LogP contribution in [0.4, 0.5) is 0 Å². The number of carbonyl (C=O) groups is 1. The number of piperidine rings is 1. The second kappa shape index (κ2) is 7.28. The summed E-state index contributed by atoms with van der Waals surface area (Å²) in [6.45, 7) is 7.39. The monoisotopic (exact) mass is 338 g/mol. The van der Waals surface area contributed by atoms with Crippen LogP contribution in [0.3, 0.4) is 0 Å². The molecule has 1 aliphatic heterocycles. The molecular formula is C21H26N2O2. The van der Waals surface area contributed by atoms with E-state index in [2.05, 4.69) is 55.7 Å². The lowest BCUT2D eigenvalue weighted by atomic mass is 10.1. The van der Waals surface area contributed by atoms with Gasteiger partial charge in [-0.2, -0.15) is 0 Å². The molecule has 2 aromatic rings. The molecule has 1 fully saturated rings. The van der Waals surface area contributed by atoms with E-state index in [0.29, 0.717) is 6.54 Å². The first-order valence-corrected chi connectivity index (χ1v) is 8.87. The average molecular weight is 338 g/mol. The van der Waals surface area contributed by atoms with Gasteiger partial charge in [-0.15, -0.1) is 0 Å². The summed E-state index contributed by atoms with van der Waals surface area (Å²) in [5.74, 6) is -0.0288. The highest BCUT2D eigenvalue weighted by Gasteiger charge is 2.20. The fourth-order valence-electron chi connectivity index (χ4n) is 3.47. The van der Waals surface area contributed by atoms with E-state index in [9.17, 15) is 9.90 Å². The van der Waals surface area contributed by atoms with E-state index >= 15 is 0 Å². The first-order chi connectivity index (χ1) is 12.0. The summed E-state index contributed by atoms with van der Waals surface area (Å²) < 4.78 is 2.20. The highest BCUT2D eigenvalue weighted by atomic mass is 16.3. The van der Waals surface area contributed by atoms with Crippen molar-refractivity contribution in [3.8, 4) is 5.69 Å². The zero-order chi connectivity index (χ0) is 18.0. The molecule has 132 valence electrons. The van der Waals surface area contributed by atoms with Gasteiger partial charge in [-0.25, -0.2) is 0 Å². The fourth-order valence-corrected chi connectivity index (χ4v) is 3.47. The number of amides is 1. The van der Waals surface area contributed by atoms with E-state index in [-0.39, 0.29) is 5.91 Å². The van der Waals surface area contributed by atoms with Crippen LogP contribution in [-0.2, 0) is 4.79 Å². The Kier molecular flexibility index (Phi) is 5.09. The SMILES string of the molecule is Cc1ccc(-n2c(C)cc(C=CC(=O)N3CCCC(O)C3)c2C)cc1. The Morgan fingerprint density at radius 2 is 1.92 bits per heavy atom. The Morgan fingerprint density at radius 1 is 1.20 bits per heavy atom. The first kappa shape index (κ1) is 17.5. The molecule has 3 rings (SSSR count).